The van der Waals surface area contributed by atoms with Crippen molar-refractivity contribution >= 4 is 41.4 Å². The van der Waals surface area contributed by atoms with Crippen molar-refractivity contribution < 1.29 is 43.8 Å². The summed E-state index contributed by atoms with van der Waals surface area (Å²) in [7, 11) is 0. The van der Waals surface area contributed by atoms with Crippen LogP contribution < -0.4 is 38.1 Å². The summed E-state index contributed by atoms with van der Waals surface area (Å²) in [6.45, 7) is -1.42. The third kappa shape index (κ3) is 11.9. The molecule has 5 atom stereocenters. The number of carboxylic acids is 1. The number of aliphatic carboxylic acids is 1. The highest BCUT2D eigenvalue weighted by Gasteiger charge is 2.33. The zero-order valence-electron chi connectivity index (χ0n) is 25.8. The molecule has 0 aliphatic heterocycles. The minimum atomic E-state index is -1.72. The van der Waals surface area contributed by atoms with Crippen LogP contribution in [0, 0.1) is 0 Å². The van der Waals surface area contributed by atoms with Crippen LogP contribution in [0.3, 0.4) is 0 Å². The average molecular weight is 688 g/mol. The Morgan fingerprint density at radius 3 is 1.43 bits per heavy atom. The van der Waals surface area contributed by atoms with Gasteiger partial charge in [-0.1, -0.05) is 0 Å². The Hall–Kier alpha value is -6.16. The average Bonchev–Trinajstić information content (AvgIpc) is 3.87. The summed E-state index contributed by atoms with van der Waals surface area (Å²) in [5.41, 5.74) is 11.7. The third-order valence-electron chi connectivity index (χ3n) is 6.84. The maximum absolute atomic E-state index is 13.6. The summed E-state index contributed by atoms with van der Waals surface area (Å²) in [6.07, 6.45) is 7.05. The Labute approximate surface area is 277 Å². The number of nitrogens with zero attached hydrogens (tertiary/aromatic N) is 3. The molecule has 0 radical (unpaired) electrons. The maximum Gasteiger partial charge on any atom is 0.326 e. The highest BCUT2D eigenvalue weighted by molar-refractivity contribution is 5.97. The van der Waals surface area contributed by atoms with E-state index in [2.05, 4.69) is 56.5 Å². The molecule has 22 nitrogen and oxygen atoms in total. The van der Waals surface area contributed by atoms with Gasteiger partial charge in [0.1, 0.15) is 30.2 Å². The predicted molar refractivity (Wildman–Crippen MR) is 164 cm³/mol. The smallest absolute Gasteiger partial charge is 0.326 e. The molecular formula is C27H37N13O9. The van der Waals surface area contributed by atoms with Gasteiger partial charge in [0.15, 0.2) is 0 Å². The zero-order valence-corrected chi connectivity index (χ0v) is 25.8. The first-order valence-electron chi connectivity index (χ1n) is 14.7. The number of amides is 6. The monoisotopic (exact) mass is 687 g/mol. The van der Waals surface area contributed by atoms with Crippen LogP contribution in [0.4, 0.5) is 0 Å². The van der Waals surface area contributed by atoms with Crippen LogP contribution >= 0.6 is 0 Å². The molecule has 0 saturated carbocycles. The number of carbonyl (C=O) groups is 7. The van der Waals surface area contributed by atoms with Gasteiger partial charge < -0.3 is 63.2 Å². The summed E-state index contributed by atoms with van der Waals surface area (Å²) < 4.78 is 0. The van der Waals surface area contributed by atoms with Crippen molar-refractivity contribution in [2.75, 3.05) is 13.2 Å². The number of carbonyl (C=O) groups excluding carboxylic acids is 6. The molecular weight excluding hydrogens is 650 g/mol. The molecule has 0 spiro atoms. The molecule has 22 heteroatoms. The van der Waals surface area contributed by atoms with Crippen molar-refractivity contribution in [1.82, 2.24) is 56.5 Å². The van der Waals surface area contributed by atoms with Crippen LogP contribution in [0.1, 0.15) is 23.5 Å². The van der Waals surface area contributed by atoms with Crippen LogP contribution in [-0.4, -0.2) is 125 Å². The summed E-state index contributed by atoms with van der Waals surface area (Å²) >= 11 is 0. The van der Waals surface area contributed by atoms with Crippen molar-refractivity contribution in [2.45, 2.75) is 55.9 Å². The fourth-order valence-electron chi connectivity index (χ4n) is 4.40. The molecule has 0 unspecified atom stereocenters. The minimum absolute atomic E-state index is 0.0838. The van der Waals surface area contributed by atoms with Crippen LogP contribution in [0.15, 0.2) is 37.6 Å². The molecule has 0 bridgehead atoms. The Morgan fingerprint density at radius 1 is 0.633 bits per heavy atom. The molecule has 49 heavy (non-hydrogen) atoms. The van der Waals surface area contributed by atoms with Crippen molar-refractivity contribution in [2.24, 2.45) is 11.5 Å². The predicted octanol–water partition coefficient (Wildman–Crippen LogP) is -5.78. The van der Waals surface area contributed by atoms with Gasteiger partial charge in [-0.15, -0.1) is 0 Å². The van der Waals surface area contributed by atoms with Gasteiger partial charge in [-0.05, 0) is 0 Å². The van der Waals surface area contributed by atoms with Gasteiger partial charge in [-0.2, -0.15) is 0 Å². The number of aliphatic hydroxyl groups excluding tert-OH is 1. The Bertz CT molecular complexity index is 1560. The maximum atomic E-state index is 13.6. The van der Waals surface area contributed by atoms with Gasteiger partial charge in [0.25, 0.3) is 0 Å². The zero-order chi connectivity index (χ0) is 35.9. The fourth-order valence-corrected chi connectivity index (χ4v) is 4.40. The molecule has 3 heterocycles. The lowest BCUT2D eigenvalue weighted by atomic mass is 10.1. The molecule has 0 aliphatic carbocycles. The second kappa shape index (κ2) is 18.2. The van der Waals surface area contributed by atoms with Gasteiger partial charge in [-0.25, -0.2) is 19.7 Å². The summed E-state index contributed by atoms with van der Waals surface area (Å²) in [5, 5.41) is 31.0. The molecule has 6 amide bonds. The quantitative estimate of drug-likeness (QED) is 0.0527. The lowest BCUT2D eigenvalue weighted by Gasteiger charge is -2.26. The summed E-state index contributed by atoms with van der Waals surface area (Å²) in [5.74, 6) is -7.16. The van der Waals surface area contributed by atoms with Gasteiger partial charge in [0, 0.05) is 37.9 Å². The number of nitrogens with one attached hydrogen (secondary N) is 8. The van der Waals surface area contributed by atoms with Crippen LogP contribution in [-0.2, 0) is 52.8 Å². The van der Waals surface area contributed by atoms with Gasteiger partial charge in [0.05, 0.1) is 55.6 Å². The normalized spacial score (nSPS) is 13.9. The number of aliphatic hydroxyl groups is 1. The number of H-pyrrole nitrogens is 3. The Kier molecular flexibility index (Phi) is 13.9. The number of hydrogen-bond donors (Lipinski definition) is 12. The molecule has 0 saturated heterocycles. The summed E-state index contributed by atoms with van der Waals surface area (Å²) in [4.78, 5) is 109. The second-order valence-electron chi connectivity index (χ2n) is 10.6. The number of aromatic nitrogens is 6. The van der Waals surface area contributed by atoms with Crippen LogP contribution in [0.2, 0.25) is 0 Å². The van der Waals surface area contributed by atoms with E-state index >= 15 is 0 Å². The third-order valence-corrected chi connectivity index (χ3v) is 6.84. The minimum Gasteiger partial charge on any atom is -0.480 e. The topological polar surface area (TPSA) is 358 Å². The van der Waals surface area contributed by atoms with E-state index in [1.807, 2.05) is 0 Å². The Balaban J connectivity index is 1.76. The van der Waals surface area contributed by atoms with Crippen LogP contribution in [0.25, 0.3) is 0 Å². The van der Waals surface area contributed by atoms with Crippen molar-refractivity contribution in [3.63, 3.8) is 0 Å². The van der Waals surface area contributed by atoms with Gasteiger partial charge in [0.2, 0.25) is 35.4 Å². The van der Waals surface area contributed by atoms with E-state index in [1.165, 1.54) is 37.6 Å². The molecule has 0 fully saturated rings. The SMILES string of the molecule is NCC(=O)N[C@@H](Cc1c[nH]cn1)C(=O)N[C@@H](Cc1c[nH]cn1)C(=O)N[C@@H](CC(N)=O)C(=O)N[C@@H](CO)C(=O)N[C@@H](Cc1c[nH]cn1)C(=O)O. The van der Waals surface area contributed by atoms with E-state index < -0.39 is 91.2 Å². The van der Waals surface area contributed by atoms with E-state index in [0.29, 0.717) is 17.1 Å². The molecule has 3 rings (SSSR count). The fraction of sp³-hybridized carbons (Fsp3) is 0.407. The molecule has 3 aromatic rings. The van der Waals surface area contributed by atoms with E-state index in [9.17, 15) is 43.8 Å². The van der Waals surface area contributed by atoms with Crippen molar-refractivity contribution in [3.8, 4) is 0 Å². The van der Waals surface area contributed by atoms with E-state index in [0.717, 1.165) is 0 Å². The van der Waals surface area contributed by atoms with Gasteiger partial charge in [-0.3, -0.25) is 28.8 Å². The Morgan fingerprint density at radius 2 is 1.02 bits per heavy atom. The largest absolute Gasteiger partial charge is 0.480 e. The second-order valence-corrected chi connectivity index (χ2v) is 10.6. The molecule has 3 aromatic heterocycles. The first kappa shape index (κ1) is 37.3. The van der Waals surface area contributed by atoms with Crippen LogP contribution in [0.5, 0.6) is 0 Å². The highest BCUT2D eigenvalue weighted by atomic mass is 16.4. The van der Waals surface area contributed by atoms with Crippen molar-refractivity contribution in [3.05, 3.63) is 54.7 Å². The highest BCUT2D eigenvalue weighted by Crippen LogP contribution is 2.06. The van der Waals surface area contributed by atoms with E-state index in [-0.39, 0.29) is 19.3 Å². The van der Waals surface area contributed by atoms with E-state index in [1.54, 1.807) is 0 Å². The standard InChI is InChI=1S/C27H37N13O9/c28-5-22(43)36-16(1-13-6-30-10-33-13)23(44)37-17(2-14-7-31-11-34-14)24(45)38-18(4-21(29)42)25(46)40-20(9-41)26(47)39-19(27(48)49)3-15-8-32-12-35-15/h6-8,10-12,16-20,41H,1-5,9,28H2,(H2,29,42)(H,30,33)(H,31,34)(H,32,35)(H,36,43)(H,37,44)(H,38,45)(H,39,47)(H,40,46)(H,48,49)/t16-,17-,18-,19-,20-/m0/s1. The molecule has 0 aromatic carbocycles. The number of hydrogen-bond acceptors (Lipinski definition) is 12. The first-order valence-corrected chi connectivity index (χ1v) is 14.7. The lowest BCUT2D eigenvalue weighted by molar-refractivity contribution is -0.142. The van der Waals surface area contributed by atoms with Gasteiger partial charge >= 0.3 is 5.97 Å². The first-order chi connectivity index (χ1) is 23.4. The number of primary amides is 1. The number of rotatable bonds is 20. The number of carboxylic acid groups (broad SMARTS) is 1. The van der Waals surface area contributed by atoms with E-state index in [4.69, 9.17) is 11.5 Å². The summed E-state index contributed by atoms with van der Waals surface area (Å²) in [6, 6.07) is -7.59. The molecule has 14 N–H and O–H groups in total. The molecule has 0 aliphatic rings. The number of imidazole rings is 3. The molecule has 264 valence electrons. The van der Waals surface area contributed by atoms with Crippen molar-refractivity contribution in [1.29, 1.82) is 0 Å². The lowest BCUT2D eigenvalue weighted by Crippen LogP contribution is -2.60. The number of aromatic amines is 3. The number of nitrogens with two attached hydrogens (primary N) is 2.